The maximum Gasteiger partial charge on any atom is 0.0721 e. The Bertz CT molecular complexity index is 279. The van der Waals surface area contributed by atoms with E-state index in [1.807, 2.05) is 7.05 Å². The van der Waals surface area contributed by atoms with Crippen LogP contribution in [-0.2, 0) is 17.8 Å². The maximum atomic E-state index is 5.36. The third-order valence-corrected chi connectivity index (χ3v) is 2.19. The number of hydrogen-bond acceptors (Lipinski definition) is 2. The number of rotatable bonds is 7. The second kappa shape index (κ2) is 7.21. The van der Waals surface area contributed by atoms with Gasteiger partial charge in [-0.2, -0.15) is 0 Å². The van der Waals surface area contributed by atoms with Crippen LogP contribution in [0, 0.1) is 0 Å². The average molecular weight is 205 g/mol. The highest BCUT2D eigenvalue weighted by atomic mass is 16.5. The topological polar surface area (TPSA) is 21.3 Å². The number of ether oxygens (including phenoxy) is 1. The van der Waals surface area contributed by atoms with Gasteiger partial charge in [0.25, 0.3) is 0 Å². The summed E-state index contributed by atoms with van der Waals surface area (Å²) < 4.78 is 5.36. The summed E-state index contributed by atoms with van der Waals surface area (Å²) in [4.78, 5) is 0. The Morgan fingerprint density at radius 2 is 1.93 bits per heavy atom. The zero-order valence-electron chi connectivity index (χ0n) is 9.33. The van der Waals surface area contributed by atoms with Crippen LogP contribution in [0.1, 0.15) is 11.1 Å². The van der Waals surface area contributed by atoms with Gasteiger partial charge in [0.2, 0.25) is 0 Å². The van der Waals surface area contributed by atoms with Crippen molar-refractivity contribution in [1.82, 2.24) is 5.32 Å². The lowest BCUT2D eigenvalue weighted by molar-refractivity contribution is 0.149. The molecule has 0 fully saturated rings. The van der Waals surface area contributed by atoms with Gasteiger partial charge in [-0.05, 0) is 31.1 Å². The third-order valence-electron chi connectivity index (χ3n) is 2.19. The van der Waals surface area contributed by atoms with Crippen LogP contribution >= 0.6 is 0 Å². The second-order valence-corrected chi connectivity index (χ2v) is 3.47. The van der Waals surface area contributed by atoms with Gasteiger partial charge in [0.1, 0.15) is 0 Å². The van der Waals surface area contributed by atoms with Crippen molar-refractivity contribution in [3.05, 3.63) is 48.0 Å². The minimum atomic E-state index is 0.613. The van der Waals surface area contributed by atoms with Crippen LogP contribution in [0.2, 0.25) is 0 Å². The SMILES string of the molecule is C=CCOCc1ccc(CCNC)cc1. The van der Waals surface area contributed by atoms with E-state index in [1.165, 1.54) is 11.1 Å². The van der Waals surface area contributed by atoms with Crippen molar-refractivity contribution >= 4 is 0 Å². The monoisotopic (exact) mass is 205 g/mol. The largest absolute Gasteiger partial charge is 0.373 e. The van der Waals surface area contributed by atoms with Crippen molar-refractivity contribution in [2.24, 2.45) is 0 Å². The van der Waals surface area contributed by atoms with Crippen LogP contribution in [0.4, 0.5) is 0 Å². The van der Waals surface area contributed by atoms with E-state index < -0.39 is 0 Å². The molecule has 0 radical (unpaired) electrons. The molecule has 1 aromatic rings. The van der Waals surface area contributed by atoms with Crippen LogP contribution in [-0.4, -0.2) is 20.2 Å². The molecule has 0 heterocycles. The normalized spacial score (nSPS) is 10.2. The van der Waals surface area contributed by atoms with E-state index in [-0.39, 0.29) is 0 Å². The van der Waals surface area contributed by atoms with Gasteiger partial charge in [-0.25, -0.2) is 0 Å². The molecular formula is C13H19NO. The zero-order chi connectivity index (χ0) is 10.9. The number of nitrogens with one attached hydrogen (secondary N) is 1. The van der Waals surface area contributed by atoms with Crippen molar-refractivity contribution in [1.29, 1.82) is 0 Å². The first-order valence-electron chi connectivity index (χ1n) is 5.28. The van der Waals surface area contributed by atoms with E-state index in [9.17, 15) is 0 Å². The first-order valence-corrected chi connectivity index (χ1v) is 5.28. The molecule has 0 spiro atoms. The van der Waals surface area contributed by atoms with Crippen molar-refractivity contribution < 1.29 is 4.74 Å². The summed E-state index contributed by atoms with van der Waals surface area (Å²) in [6, 6.07) is 8.55. The fourth-order valence-electron chi connectivity index (χ4n) is 1.33. The minimum Gasteiger partial charge on any atom is -0.373 e. The van der Waals surface area contributed by atoms with Gasteiger partial charge in [0.15, 0.2) is 0 Å². The van der Waals surface area contributed by atoms with Crippen molar-refractivity contribution in [3.63, 3.8) is 0 Å². The summed E-state index contributed by atoms with van der Waals surface area (Å²) in [7, 11) is 1.97. The lowest BCUT2D eigenvalue weighted by Crippen LogP contribution is -2.10. The van der Waals surface area contributed by atoms with E-state index in [4.69, 9.17) is 4.74 Å². The van der Waals surface area contributed by atoms with Crippen molar-refractivity contribution in [3.8, 4) is 0 Å². The molecule has 15 heavy (non-hydrogen) atoms. The van der Waals surface area contributed by atoms with Gasteiger partial charge in [-0.15, -0.1) is 6.58 Å². The second-order valence-electron chi connectivity index (χ2n) is 3.47. The Morgan fingerprint density at radius 1 is 1.27 bits per heavy atom. The molecule has 1 N–H and O–H groups in total. The maximum absolute atomic E-state index is 5.36. The quantitative estimate of drug-likeness (QED) is 0.544. The Hall–Kier alpha value is -1.12. The summed E-state index contributed by atoms with van der Waals surface area (Å²) in [6.45, 7) is 5.91. The molecule has 2 heteroatoms. The molecular weight excluding hydrogens is 186 g/mol. The minimum absolute atomic E-state index is 0.613. The average Bonchev–Trinajstić information content (AvgIpc) is 2.28. The van der Waals surface area contributed by atoms with Crippen LogP contribution in [0.15, 0.2) is 36.9 Å². The molecule has 1 aromatic carbocycles. The van der Waals surface area contributed by atoms with Crippen LogP contribution < -0.4 is 5.32 Å². The number of hydrogen-bond donors (Lipinski definition) is 1. The molecule has 0 aliphatic heterocycles. The van der Waals surface area contributed by atoms with E-state index >= 15 is 0 Å². The molecule has 0 bridgehead atoms. The molecule has 0 atom stereocenters. The molecule has 82 valence electrons. The summed E-state index contributed by atoms with van der Waals surface area (Å²) in [5.74, 6) is 0. The molecule has 0 amide bonds. The summed E-state index contributed by atoms with van der Waals surface area (Å²) in [5, 5.41) is 3.14. The van der Waals surface area contributed by atoms with Crippen LogP contribution in [0.5, 0.6) is 0 Å². The smallest absolute Gasteiger partial charge is 0.0721 e. The molecule has 0 aromatic heterocycles. The standard InChI is InChI=1S/C13H19NO/c1-3-10-15-11-13-6-4-12(5-7-13)8-9-14-2/h3-7,14H,1,8-11H2,2H3. The highest BCUT2D eigenvalue weighted by Crippen LogP contribution is 2.06. The van der Waals surface area contributed by atoms with E-state index in [0.717, 1.165) is 13.0 Å². The fourth-order valence-corrected chi connectivity index (χ4v) is 1.33. The first-order chi connectivity index (χ1) is 7.36. The van der Waals surface area contributed by atoms with Crippen molar-refractivity contribution in [2.45, 2.75) is 13.0 Å². The van der Waals surface area contributed by atoms with Crippen LogP contribution in [0.25, 0.3) is 0 Å². The van der Waals surface area contributed by atoms with Crippen molar-refractivity contribution in [2.75, 3.05) is 20.2 Å². The Morgan fingerprint density at radius 3 is 2.53 bits per heavy atom. The number of likely N-dealkylation sites (N-methyl/N-ethyl adjacent to an activating group) is 1. The molecule has 0 saturated carbocycles. The summed E-state index contributed by atoms with van der Waals surface area (Å²) in [5.41, 5.74) is 2.57. The molecule has 0 saturated heterocycles. The van der Waals surface area contributed by atoms with E-state index in [2.05, 4.69) is 36.2 Å². The van der Waals surface area contributed by atoms with Gasteiger partial charge in [-0.3, -0.25) is 0 Å². The molecule has 1 rings (SSSR count). The van der Waals surface area contributed by atoms with E-state index in [0.29, 0.717) is 13.2 Å². The lowest BCUT2D eigenvalue weighted by atomic mass is 10.1. The molecule has 2 nitrogen and oxygen atoms in total. The zero-order valence-corrected chi connectivity index (χ0v) is 9.33. The Kier molecular flexibility index (Phi) is 5.74. The Balaban J connectivity index is 2.38. The molecule has 0 unspecified atom stereocenters. The fraction of sp³-hybridized carbons (Fsp3) is 0.385. The predicted molar refractivity (Wildman–Crippen MR) is 63.9 cm³/mol. The lowest BCUT2D eigenvalue weighted by Gasteiger charge is -2.04. The first kappa shape index (κ1) is 12.0. The van der Waals surface area contributed by atoms with Gasteiger partial charge in [0.05, 0.1) is 13.2 Å². The van der Waals surface area contributed by atoms with E-state index in [1.54, 1.807) is 6.08 Å². The molecule has 0 aliphatic carbocycles. The highest BCUT2D eigenvalue weighted by Gasteiger charge is 1.94. The van der Waals surface area contributed by atoms with Gasteiger partial charge in [-0.1, -0.05) is 30.3 Å². The summed E-state index contributed by atoms with van der Waals surface area (Å²) >= 11 is 0. The van der Waals surface area contributed by atoms with Crippen LogP contribution in [0.3, 0.4) is 0 Å². The highest BCUT2D eigenvalue weighted by molar-refractivity contribution is 5.22. The predicted octanol–water partition coefficient (Wildman–Crippen LogP) is 2.15. The van der Waals surface area contributed by atoms with Gasteiger partial charge >= 0.3 is 0 Å². The number of benzene rings is 1. The van der Waals surface area contributed by atoms with Gasteiger partial charge in [0, 0.05) is 0 Å². The summed E-state index contributed by atoms with van der Waals surface area (Å²) in [6.07, 6.45) is 2.84. The third kappa shape index (κ3) is 4.77. The Labute approximate surface area is 92.0 Å². The van der Waals surface area contributed by atoms with Gasteiger partial charge < -0.3 is 10.1 Å². The molecule has 0 aliphatic rings.